The summed E-state index contributed by atoms with van der Waals surface area (Å²) < 4.78 is 9.95. The predicted molar refractivity (Wildman–Crippen MR) is 63.7 cm³/mol. The summed E-state index contributed by atoms with van der Waals surface area (Å²) in [4.78, 5) is 11.1. The molecular weight excluding hydrogens is 246 g/mol. The highest BCUT2D eigenvalue weighted by molar-refractivity contribution is 5.85. The number of hydrogen-bond acceptors (Lipinski definition) is 4. The summed E-state index contributed by atoms with van der Waals surface area (Å²) in [7, 11) is 1.53. The average Bonchev–Trinajstić information content (AvgIpc) is 2.28. The van der Waals surface area contributed by atoms with E-state index in [4.69, 9.17) is 9.47 Å². The second kappa shape index (κ2) is 5.63. The summed E-state index contributed by atoms with van der Waals surface area (Å²) in [5.41, 5.74) is 0.844. The van der Waals surface area contributed by atoms with Crippen LogP contribution in [-0.4, -0.2) is 24.9 Å². The number of benzene rings is 1. The lowest BCUT2D eigenvalue weighted by Crippen LogP contribution is -2.35. The molecule has 0 unspecified atom stereocenters. The maximum Gasteiger partial charge on any atom is 0.407 e. The summed E-state index contributed by atoms with van der Waals surface area (Å²) in [6, 6.07) is 4.71. The molecule has 0 radical (unpaired) electrons. The molecular formula is C11H14ClNO4. The molecule has 2 rings (SSSR count). The topological polar surface area (TPSA) is 67.8 Å². The zero-order valence-corrected chi connectivity index (χ0v) is 10.1. The second-order valence-corrected chi connectivity index (χ2v) is 3.55. The minimum absolute atomic E-state index is 0. The van der Waals surface area contributed by atoms with E-state index in [1.165, 1.54) is 13.2 Å². The Morgan fingerprint density at radius 1 is 1.53 bits per heavy atom. The lowest BCUT2D eigenvalue weighted by Gasteiger charge is -2.25. The van der Waals surface area contributed by atoms with Crippen molar-refractivity contribution in [3.8, 4) is 11.5 Å². The van der Waals surface area contributed by atoms with Crippen molar-refractivity contribution >= 4 is 18.5 Å². The van der Waals surface area contributed by atoms with Gasteiger partial charge in [-0.2, -0.15) is 0 Å². The number of methoxy groups -OCH3 is 1. The number of nitrogens with one attached hydrogen (secondary N) is 1. The summed E-state index contributed by atoms with van der Waals surface area (Å²) in [5.74, 6) is 0.700. The van der Waals surface area contributed by atoms with Crippen LogP contribution in [0.3, 0.4) is 0 Å². The number of phenolic OH excluding ortho intramolecular Hbond substituents is 1. The van der Waals surface area contributed by atoms with Crippen LogP contribution in [0.5, 0.6) is 11.5 Å². The number of aromatic hydroxyl groups is 1. The van der Waals surface area contributed by atoms with Gasteiger partial charge >= 0.3 is 6.09 Å². The molecule has 17 heavy (non-hydrogen) atoms. The Bertz CT molecular complexity index is 410. The van der Waals surface area contributed by atoms with E-state index in [0.717, 1.165) is 5.56 Å². The number of phenols is 1. The van der Waals surface area contributed by atoms with Crippen LogP contribution < -0.4 is 10.1 Å². The number of alkyl carbamates (subject to hydrolysis) is 1. The molecule has 0 saturated carbocycles. The summed E-state index contributed by atoms with van der Waals surface area (Å²) in [6.45, 7) is 0.389. The fraction of sp³-hybridized carbons (Fsp3) is 0.364. The van der Waals surface area contributed by atoms with Crippen LogP contribution in [0, 0.1) is 0 Å². The number of cyclic esters (lactones) is 1. The van der Waals surface area contributed by atoms with Gasteiger partial charge in [-0.1, -0.05) is 0 Å². The van der Waals surface area contributed by atoms with Gasteiger partial charge in [-0.05, 0) is 12.1 Å². The van der Waals surface area contributed by atoms with E-state index in [1.807, 2.05) is 0 Å². The Labute approximate surface area is 105 Å². The molecule has 1 aromatic rings. The quantitative estimate of drug-likeness (QED) is 0.852. The van der Waals surface area contributed by atoms with Crippen LogP contribution in [0.25, 0.3) is 0 Å². The van der Waals surface area contributed by atoms with Gasteiger partial charge in [-0.25, -0.2) is 4.79 Å². The minimum atomic E-state index is -0.425. The number of amides is 1. The van der Waals surface area contributed by atoms with Gasteiger partial charge in [0.05, 0.1) is 19.8 Å². The normalized spacial score (nSPS) is 18.6. The van der Waals surface area contributed by atoms with Crippen LogP contribution in [0.4, 0.5) is 4.79 Å². The van der Waals surface area contributed by atoms with Gasteiger partial charge in [0.25, 0.3) is 0 Å². The Morgan fingerprint density at radius 2 is 2.29 bits per heavy atom. The van der Waals surface area contributed by atoms with Crippen LogP contribution in [0.15, 0.2) is 18.2 Å². The predicted octanol–water partition coefficient (Wildman–Crippen LogP) is 1.99. The first-order chi connectivity index (χ1) is 7.70. The lowest BCUT2D eigenvalue weighted by atomic mass is 10.0. The zero-order valence-electron chi connectivity index (χ0n) is 9.30. The van der Waals surface area contributed by atoms with Crippen molar-refractivity contribution in [2.75, 3.05) is 13.7 Å². The molecule has 94 valence electrons. The Kier molecular flexibility index (Phi) is 4.45. The molecule has 6 heteroatoms. The van der Waals surface area contributed by atoms with Crippen LogP contribution >= 0.6 is 12.4 Å². The van der Waals surface area contributed by atoms with Gasteiger partial charge in [0.2, 0.25) is 0 Å². The van der Waals surface area contributed by atoms with Gasteiger partial charge in [0.15, 0.2) is 0 Å². The number of hydrogen-bond donors (Lipinski definition) is 2. The fourth-order valence-corrected chi connectivity index (χ4v) is 1.75. The van der Waals surface area contributed by atoms with Crippen LogP contribution in [0.1, 0.15) is 18.0 Å². The SMILES string of the molecule is COc1cc(O)ccc1[C@H]1CCOC(=O)N1.Cl. The number of carbonyl (C=O) groups is 1. The van der Waals surface area contributed by atoms with Crippen molar-refractivity contribution < 1.29 is 19.4 Å². The third kappa shape index (κ3) is 2.94. The summed E-state index contributed by atoms with van der Waals surface area (Å²) in [5, 5.41) is 12.0. The van der Waals surface area contributed by atoms with Gasteiger partial charge in [-0.3, -0.25) is 0 Å². The molecule has 1 aliphatic heterocycles. The number of ether oxygens (including phenoxy) is 2. The van der Waals surface area contributed by atoms with Crippen molar-refractivity contribution in [2.24, 2.45) is 0 Å². The third-order valence-electron chi connectivity index (χ3n) is 2.52. The van der Waals surface area contributed by atoms with Crippen molar-refractivity contribution in [1.82, 2.24) is 5.32 Å². The van der Waals surface area contributed by atoms with Gasteiger partial charge < -0.3 is 19.9 Å². The molecule has 0 aromatic heterocycles. The molecule has 5 nitrogen and oxygen atoms in total. The molecule has 0 spiro atoms. The molecule has 1 heterocycles. The zero-order chi connectivity index (χ0) is 11.5. The first-order valence-corrected chi connectivity index (χ1v) is 5.01. The monoisotopic (exact) mass is 259 g/mol. The molecule has 1 saturated heterocycles. The first-order valence-electron chi connectivity index (χ1n) is 5.01. The first kappa shape index (κ1) is 13.4. The maximum atomic E-state index is 11.1. The van der Waals surface area contributed by atoms with Crippen LogP contribution in [0.2, 0.25) is 0 Å². The highest BCUT2D eigenvalue weighted by Gasteiger charge is 2.23. The standard InChI is InChI=1S/C11H13NO4.ClH/c1-15-10-6-7(13)2-3-8(10)9-4-5-16-11(14)12-9;/h2-3,6,9,13H,4-5H2,1H3,(H,12,14);1H/t9-;/m1./s1. The van der Waals surface area contributed by atoms with Gasteiger partial charge in [0, 0.05) is 18.1 Å². The average molecular weight is 260 g/mol. The van der Waals surface area contributed by atoms with E-state index in [2.05, 4.69) is 5.32 Å². The number of carbonyl (C=O) groups excluding carboxylic acids is 1. The molecule has 1 aliphatic rings. The van der Waals surface area contributed by atoms with E-state index in [1.54, 1.807) is 12.1 Å². The highest BCUT2D eigenvalue weighted by Crippen LogP contribution is 2.31. The molecule has 1 amide bonds. The smallest absolute Gasteiger partial charge is 0.407 e. The van der Waals surface area contributed by atoms with Crippen molar-refractivity contribution in [1.29, 1.82) is 0 Å². The Balaban J connectivity index is 0.00000144. The van der Waals surface area contributed by atoms with Crippen molar-refractivity contribution in [3.05, 3.63) is 23.8 Å². The van der Waals surface area contributed by atoms with E-state index in [9.17, 15) is 9.90 Å². The van der Waals surface area contributed by atoms with E-state index in [0.29, 0.717) is 18.8 Å². The molecule has 0 aliphatic carbocycles. The molecule has 1 aromatic carbocycles. The van der Waals surface area contributed by atoms with Crippen molar-refractivity contribution in [2.45, 2.75) is 12.5 Å². The van der Waals surface area contributed by atoms with E-state index in [-0.39, 0.29) is 24.2 Å². The van der Waals surface area contributed by atoms with Crippen LogP contribution in [-0.2, 0) is 4.74 Å². The summed E-state index contributed by atoms with van der Waals surface area (Å²) in [6.07, 6.45) is 0.263. The molecule has 0 bridgehead atoms. The minimum Gasteiger partial charge on any atom is -0.508 e. The lowest BCUT2D eigenvalue weighted by molar-refractivity contribution is 0.115. The van der Waals surface area contributed by atoms with Gasteiger partial charge in [-0.15, -0.1) is 12.4 Å². The molecule has 1 atom stereocenters. The fourth-order valence-electron chi connectivity index (χ4n) is 1.75. The highest BCUT2D eigenvalue weighted by atomic mass is 35.5. The largest absolute Gasteiger partial charge is 0.508 e. The number of halogens is 1. The summed E-state index contributed by atoms with van der Waals surface area (Å²) >= 11 is 0. The Morgan fingerprint density at radius 3 is 2.94 bits per heavy atom. The number of rotatable bonds is 2. The Hall–Kier alpha value is -1.62. The maximum absolute atomic E-state index is 11.1. The molecule has 2 N–H and O–H groups in total. The van der Waals surface area contributed by atoms with E-state index < -0.39 is 6.09 Å². The van der Waals surface area contributed by atoms with Crippen molar-refractivity contribution in [3.63, 3.8) is 0 Å². The van der Waals surface area contributed by atoms with Gasteiger partial charge in [0.1, 0.15) is 11.5 Å². The third-order valence-corrected chi connectivity index (χ3v) is 2.52. The molecule has 1 fully saturated rings. The second-order valence-electron chi connectivity index (χ2n) is 3.55. The van der Waals surface area contributed by atoms with E-state index >= 15 is 0 Å².